The van der Waals surface area contributed by atoms with Crippen molar-refractivity contribution < 1.29 is 39.5 Å². The molecular weight excluding hydrogens is 514 g/mol. The van der Waals surface area contributed by atoms with Gasteiger partial charge in [-0.2, -0.15) is 31.9 Å². The third kappa shape index (κ3) is 5.12. The van der Waals surface area contributed by atoms with Crippen molar-refractivity contribution in [1.82, 2.24) is 14.3 Å². The van der Waals surface area contributed by atoms with Crippen LogP contribution >= 0.6 is 0 Å². The summed E-state index contributed by atoms with van der Waals surface area (Å²) in [5.74, 6) is -1.60. The van der Waals surface area contributed by atoms with Crippen molar-refractivity contribution in [2.75, 3.05) is 0 Å². The van der Waals surface area contributed by atoms with E-state index in [0.717, 1.165) is 37.2 Å². The lowest BCUT2D eigenvalue weighted by Gasteiger charge is -2.17. The Morgan fingerprint density at radius 3 is 2.50 bits per heavy atom. The average molecular weight is 532 g/mol. The number of alkyl halides is 5. The van der Waals surface area contributed by atoms with Crippen LogP contribution in [0.25, 0.3) is 22.3 Å². The predicted molar refractivity (Wildman–Crippen MR) is 115 cm³/mol. The molecule has 0 bridgehead atoms. The van der Waals surface area contributed by atoms with Gasteiger partial charge in [-0.3, -0.25) is 4.98 Å². The molecule has 1 fully saturated rings. The Hall–Kier alpha value is -3.31. The number of rotatable bonds is 8. The Kier molecular flexibility index (Phi) is 6.65. The molecule has 7 nitrogen and oxygen atoms in total. The van der Waals surface area contributed by atoms with E-state index in [0.29, 0.717) is 13.5 Å². The number of hydrogen-bond acceptors (Lipinski definition) is 5. The normalized spacial score (nSPS) is 15.3. The van der Waals surface area contributed by atoms with Gasteiger partial charge in [0.2, 0.25) is 10.0 Å². The lowest BCUT2D eigenvalue weighted by molar-refractivity contribution is -0.147. The molecule has 3 aromatic rings. The van der Waals surface area contributed by atoms with Crippen molar-refractivity contribution in [3.63, 3.8) is 0 Å². The molecule has 0 unspecified atom stereocenters. The van der Waals surface area contributed by atoms with Crippen molar-refractivity contribution in [1.29, 1.82) is 5.26 Å². The Labute approximate surface area is 201 Å². The Balaban J connectivity index is 1.81. The van der Waals surface area contributed by atoms with Gasteiger partial charge in [0.05, 0.1) is 22.5 Å². The van der Waals surface area contributed by atoms with Gasteiger partial charge in [0, 0.05) is 24.2 Å². The summed E-state index contributed by atoms with van der Waals surface area (Å²) in [7, 11) is -4.57. The molecule has 0 aliphatic heterocycles. The van der Waals surface area contributed by atoms with E-state index < -0.39 is 45.3 Å². The first-order chi connectivity index (χ1) is 16.8. The largest absolute Gasteiger partial charge is 0.432 e. The summed E-state index contributed by atoms with van der Waals surface area (Å²) in [4.78, 5) is 3.52. The molecule has 1 atom stereocenters. The average Bonchev–Trinajstić information content (AvgIpc) is 3.55. The van der Waals surface area contributed by atoms with E-state index in [1.54, 1.807) is 4.57 Å². The van der Waals surface area contributed by atoms with Crippen LogP contribution in [0.4, 0.5) is 26.3 Å². The van der Waals surface area contributed by atoms with Crippen LogP contribution in [0.5, 0.6) is 5.75 Å². The van der Waals surface area contributed by atoms with E-state index in [1.807, 2.05) is 6.07 Å². The molecule has 14 heteroatoms. The second-order valence-corrected chi connectivity index (χ2v) is 10.0. The number of nitriles is 1. The maximum absolute atomic E-state index is 14.4. The van der Waals surface area contributed by atoms with Gasteiger partial charge in [-0.15, -0.1) is 0 Å². The van der Waals surface area contributed by atoms with E-state index in [-0.39, 0.29) is 33.8 Å². The lowest BCUT2D eigenvalue weighted by Crippen LogP contribution is -2.42. The monoisotopic (exact) mass is 532 g/mol. The van der Waals surface area contributed by atoms with E-state index in [4.69, 9.17) is 0 Å². The fourth-order valence-electron chi connectivity index (χ4n) is 3.71. The summed E-state index contributed by atoms with van der Waals surface area (Å²) < 4.78 is 110. The first kappa shape index (κ1) is 25.8. The predicted octanol–water partition coefficient (Wildman–Crippen LogP) is 4.95. The van der Waals surface area contributed by atoms with Gasteiger partial charge in [0.15, 0.2) is 11.6 Å². The zero-order valence-corrected chi connectivity index (χ0v) is 19.3. The summed E-state index contributed by atoms with van der Waals surface area (Å²) in [6, 6.07) is 3.81. The van der Waals surface area contributed by atoms with Crippen molar-refractivity contribution in [3.05, 3.63) is 41.8 Å². The SMILES string of the molecule is C[C@@H](NS(=O)(=O)c1ccc(-c2c(C#N)c3cc(F)c(OC(F)F)cc3n2CC2CC2)nc1)C(F)(F)F. The number of sulfonamides is 1. The third-order valence-corrected chi connectivity index (χ3v) is 7.22. The molecule has 1 N–H and O–H groups in total. The molecule has 2 aromatic heterocycles. The van der Waals surface area contributed by atoms with Gasteiger partial charge in [-0.25, -0.2) is 12.8 Å². The van der Waals surface area contributed by atoms with Gasteiger partial charge in [-0.05, 0) is 43.9 Å². The minimum atomic E-state index is -4.80. The molecule has 0 amide bonds. The number of benzene rings is 1. The molecule has 4 rings (SSSR count). The topological polar surface area (TPSA) is 97.0 Å². The van der Waals surface area contributed by atoms with Crippen LogP contribution in [0.15, 0.2) is 35.4 Å². The summed E-state index contributed by atoms with van der Waals surface area (Å²) >= 11 is 0. The maximum atomic E-state index is 14.4. The molecule has 0 spiro atoms. The van der Waals surface area contributed by atoms with Gasteiger partial charge in [-0.1, -0.05) is 0 Å². The quantitative estimate of drug-likeness (QED) is 0.414. The van der Waals surface area contributed by atoms with Gasteiger partial charge in [0.1, 0.15) is 17.0 Å². The van der Waals surface area contributed by atoms with Gasteiger partial charge < -0.3 is 9.30 Å². The highest BCUT2D eigenvalue weighted by Gasteiger charge is 2.39. The van der Waals surface area contributed by atoms with Gasteiger partial charge >= 0.3 is 12.8 Å². The highest BCUT2D eigenvalue weighted by molar-refractivity contribution is 7.89. The Morgan fingerprint density at radius 1 is 1.28 bits per heavy atom. The number of halogens is 6. The number of aromatic nitrogens is 2. The fraction of sp³-hybridized carbons (Fsp3) is 0.364. The molecule has 1 saturated carbocycles. The molecule has 1 aliphatic carbocycles. The maximum Gasteiger partial charge on any atom is 0.404 e. The molecule has 1 aromatic carbocycles. The van der Waals surface area contributed by atoms with Crippen LogP contribution in [0.1, 0.15) is 25.3 Å². The van der Waals surface area contributed by atoms with E-state index in [2.05, 4.69) is 9.72 Å². The molecule has 0 radical (unpaired) electrons. The van der Waals surface area contributed by atoms with Crippen LogP contribution in [0.2, 0.25) is 0 Å². The van der Waals surface area contributed by atoms with Crippen molar-refractivity contribution in [3.8, 4) is 23.2 Å². The molecule has 0 saturated heterocycles. The molecule has 192 valence electrons. The number of ether oxygens (including phenoxy) is 1. The molecule has 36 heavy (non-hydrogen) atoms. The fourth-order valence-corrected chi connectivity index (χ4v) is 4.88. The van der Waals surface area contributed by atoms with Gasteiger partial charge in [0.25, 0.3) is 0 Å². The summed E-state index contributed by atoms with van der Waals surface area (Å²) in [5.41, 5.74) is 0.487. The lowest BCUT2D eigenvalue weighted by atomic mass is 10.1. The highest BCUT2D eigenvalue weighted by atomic mass is 32.2. The number of fused-ring (bicyclic) bond motifs is 1. The second kappa shape index (κ2) is 9.29. The first-order valence-electron chi connectivity index (χ1n) is 10.6. The Bertz CT molecular complexity index is 1440. The number of hydrogen-bond donors (Lipinski definition) is 1. The Morgan fingerprint density at radius 2 is 1.97 bits per heavy atom. The van der Waals surface area contributed by atoms with Crippen LogP contribution < -0.4 is 9.46 Å². The van der Waals surface area contributed by atoms with E-state index in [1.165, 1.54) is 10.8 Å². The number of pyridine rings is 1. The summed E-state index contributed by atoms with van der Waals surface area (Å²) in [6.45, 7) is -2.27. The standard InChI is InChI=1S/C22H18F6N4O3S/c1-11(22(26,27)28)31-36(33,34)13-4-5-17(30-9-13)20-15(8-29)14-6-16(23)19(35-21(24)25)7-18(14)32(20)10-12-2-3-12/h4-7,9,11-12,21,31H,2-3,10H2,1H3/t11-/m1/s1. The van der Waals surface area contributed by atoms with Crippen molar-refractivity contribution >= 4 is 20.9 Å². The van der Waals surface area contributed by atoms with Crippen LogP contribution in [0.3, 0.4) is 0 Å². The van der Waals surface area contributed by atoms with Crippen molar-refractivity contribution in [2.24, 2.45) is 5.92 Å². The number of nitrogens with one attached hydrogen (secondary N) is 1. The first-order valence-corrected chi connectivity index (χ1v) is 12.1. The molecular formula is C22H18F6N4O3S. The van der Waals surface area contributed by atoms with Crippen LogP contribution in [0, 0.1) is 23.1 Å². The van der Waals surface area contributed by atoms with E-state index >= 15 is 0 Å². The summed E-state index contributed by atoms with van der Waals surface area (Å²) in [6.07, 6.45) is -2.21. The third-order valence-electron chi connectivity index (χ3n) is 5.69. The van der Waals surface area contributed by atoms with Crippen LogP contribution in [-0.4, -0.2) is 36.8 Å². The molecule has 2 heterocycles. The molecule has 1 aliphatic rings. The minimum absolute atomic E-state index is 0.0277. The zero-order chi connectivity index (χ0) is 26.4. The summed E-state index contributed by atoms with van der Waals surface area (Å²) in [5, 5.41) is 9.95. The zero-order valence-electron chi connectivity index (χ0n) is 18.5. The minimum Gasteiger partial charge on any atom is -0.432 e. The second-order valence-electron chi connectivity index (χ2n) is 8.33. The van der Waals surface area contributed by atoms with Crippen molar-refractivity contribution in [2.45, 2.75) is 50.0 Å². The van der Waals surface area contributed by atoms with Crippen LogP contribution in [-0.2, 0) is 16.6 Å². The smallest absolute Gasteiger partial charge is 0.404 e. The van der Waals surface area contributed by atoms with E-state index in [9.17, 15) is 40.0 Å². The number of nitrogens with zero attached hydrogens (tertiary/aromatic N) is 3. The highest BCUT2D eigenvalue weighted by Crippen LogP contribution is 2.40.